The SMILES string of the molecule is COC(=O)C=Cc1cc(C)c(Br)s1. The maximum atomic E-state index is 10.8. The van der Waals surface area contributed by atoms with Gasteiger partial charge in [0.1, 0.15) is 0 Å². The minimum Gasteiger partial charge on any atom is -0.466 e. The molecule has 0 saturated heterocycles. The topological polar surface area (TPSA) is 26.3 Å². The number of rotatable bonds is 2. The van der Waals surface area contributed by atoms with Gasteiger partial charge in [-0.1, -0.05) is 0 Å². The van der Waals surface area contributed by atoms with E-state index in [2.05, 4.69) is 20.7 Å². The molecule has 0 N–H and O–H groups in total. The van der Waals surface area contributed by atoms with Crippen LogP contribution in [0.25, 0.3) is 6.08 Å². The lowest BCUT2D eigenvalue weighted by Gasteiger charge is -1.87. The Bertz CT molecular complexity index is 322. The number of methoxy groups -OCH3 is 1. The monoisotopic (exact) mass is 260 g/mol. The minimum absolute atomic E-state index is 0.331. The smallest absolute Gasteiger partial charge is 0.330 e. The Morgan fingerprint density at radius 1 is 1.69 bits per heavy atom. The standard InChI is InChI=1S/C9H9BrO2S/c1-6-5-7(13-9(6)10)3-4-8(11)12-2/h3-5H,1-2H3. The molecule has 0 aliphatic carbocycles. The number of hydrogen-bond donors (Lipinski definition) is 0. The zero-order chi connectivity index (χ0) is 9.84. The van der Waals surface area contributed by atoms with Crippen LogP contribution in [0.1, 0.15) is 10.4 Å². The molecule has 1 aromatic rings. The van der Waals surface area contributed by atoms with Crippen LogP contribution in [-0.2, 0) is 9.53 Å². The van der Waals surface area contributed by atoms with Gasteiger partial charge in [-0.2, -0.15) is 0 Å². The van der Waals surface area contributed by atoms with Crippen LogP contribution >= 0.6 is 27.3 Å². The van der Waals surface area contributed by atoms with E-state index in [0.717, 1.165) is 8.66 Å². The van der Waals surface area contributed by atoms with E-state index in [4.69, 9.17) is 0 Å². The molecule has 0 saturated carbocycles. The van der Waals surface area contributed by atoms with Crippen LogP contribution in [0.15, 0.2) is 15.9 Å². The minimum atomic E-state index is -0.331. The molecular formula is C9H9BrO2S. The summed E-state index contributed by atoms with van der Waals surface area (Å²) in [6, 6.07) is 2.01. The van der Waals surface area contributed by atoms with Crippen molar-refractivity contribution in [3.63, 3.8) is 0 Å². The van der Waals surface area contributed by atoms with E-state index in [9.17, 15) is 4.79 Å². The Hall–Kier alpha value is -0.610. The highest BCUT2D eigenvalue weighted by Gasteiger charge is 2.00. The molecule has 0 amide bonds. The first-order chi connectivity index (χ1) is 6.13. The van der Waals surface area contributed by atoms with Gasteiger partial charge in [-0.3, -0.25) is 0 Å². The molecule has 2 nitrogen and oxygen atoms in total. The second kappa shape index (κ2) is 4.58. The summed E-state index contributed by atoms with van der Waals surface area (Å²) in [5.74, 6) is -0.331. The second-order valence-electron chi connectivity index (χ2n) is 2.46. The molecule has 13 heavy (non-hydrogen) atoms. The Kier molecular flexibility index (Phi) is 3.69. The van der Waals surface area contributed by atoms with Gasteiger partial charge in [-0.05, 0) is 40.6 Å². The Morgan fingerprint density at radius 3 is 2.85 bits per heavy atom. The fourth-order valence-electron chi connectivity index (χ4n) is 0.784. The molecule has 1 rings (SSSR count). The van der Waals surface area contributed by atoms with Crippen LogP contribution in [0.2, 0.25) is 0 Å². The fraction of sp³-hybridized carbons (Fsp3) is 0.222. The quantitative estimate of drug-likeness (QED) is 0.604. The van der Waals surface area contributed by atoms with E-state index in [1.165, 1.54) is 18.7 Å². The summed E-state index contributed by atoms with van der Waals surface area (Å²) in [7, 11) is 1.36. The highest BCUT2D eigenvalue weighted by molar-refractivity contribution is 9.11. The zero-order valence-corrected chi connectivity index (χ0v) is 9.74. The highest BCUT2D eigenvalue weighted by atomic mass is 79.9. The van der Waals surface area contributed by atoms with E-state index >= 15 is 0 Å². The molecule has 70 valence electrons. The molecule has 0 bridgehead atoms. The van der Waals surface area contributed by atoms with E-state index < -0.39 is 0 Å². The lowest BCUT2D eigenvalue weighted by atomic mass is 10.3. The van der Waals surface area contributed by atoms with Crippen molar-refractivity contribution in [3.8, 4) is 0 Å². The number of thiophene rings is 1. The lowest BCUT2D eigenvalue weighted by molar-refractivity contribution is -0.134. The van der Waals surface area contributed by atoms with Crippen molar-refractivity contribution in [3.05, 3.63) is 26.4 Å². The van der Waals surface area contributed by atoms with Crippen LogP contribution in [0.5, 0.6) is 0 Å². The molecule has 1 heterocycles. The summed E-state index contributed by atoms with van der Waals surface area (Å²) in [5.41, 5.74) is 1.18. The number of esters is 1. The van der Waals surface area contributed by atoms with Gasteiger partial charge >= 0.3 is 5.97 Å². The average molecular weight is 261 g/mol. The molecule has 0 spiro atoms. The fourth-order valence-corrected chi connectivity index (χ4v) is 2.26. The van der Waals surface area contributed by atoms with Crippen molar-refractivity contribution in [2.75, 3.05) is 7.11 Å². The molecule has 0 atom stereocenters. The van der Waals surface area contributed by atoms with Crippen LogP contribution in [0.3, 0.4) is 0 Å². The summed E-state index contributed by atoms with van der Waals surface area (Å²) < 4.78 is 5.57. The predicted octanol–water partition coefficient (Wildman–Crippen LogP) is 3.01. The molecule has 0 aliphatic heterocycles. The van der Waals surface area contributed by atoms with Gasteiger partial charge in [0.2, 0.25) is 0 Å². The van der Waals surface area contributed by atoms with Gasteiger partial charge < -0.3 is 4.74 Å². The van der Waals surface area contributed by atoms with Crippen molar-refractivity contribution < 1.29 is 9.53 Å². The van der Waals surface area contributed by atoms with Gasteiger partial charge in [0.25, 0.3) is 0 Å². The predicted molar refractivity (Wildman–Crippen MR) is 57.8 cm³/mol. The molecule has 0 aromatic carbocycles. The van der Waals surface area contributed by atoms with Gasteiger partial charge in [0.15, 0.2) is 0 Å². The summed E-state index contributed by atoms with van der Waals surface area (Å²) in [6.07, 6.45) is 3.16. The summed E-state index contributed by atoms with van der Waals surface area (Å²) in [6.45, 7) is 2.01. The number of halogens is 1. The first kappa shape index (κ1) is 10.5. The normalized spacial score (nSPS) is 10.7. The first-order valence-corrected chi connectivity index (χ1v) is 5.26. The Labute approximate surface area is 89.3 Å². The van der Waals surface area contributed by atoms with E-state index in [0.29, 0.717) is 0 Å². The summed E-state index contributed by atoms with van der Waals surface area (Å²) in [5, 5.41) is 0. The maximum Gasteiger partial charge on any atom is 0.330 e. The summed E-state index contributed by atoms with van der Waals surface area (Å²) in [4.78, 5) is 11.8. The zero-order valence-electron chi connectivity index (χ0n) is 7.33. The van der Waals surface area contributed by atoms with Crippen molar-refractivity contribution >= 4 is 39.3 Å². The number of ether oxygens (including phenoxy) is 1. The van der Waals surface area contributed by atoms with Crippen molar-refractivity contribution in [2.24, 2.45) is 0 Å². The highest BCUT2D eigenvalue weighted by Crippen LogP contribution is 2.27. The average Bonchev–Trinajstić information content (AvgIpc) is 2.42. The van der Waals surface area contributed by atoms with E-state index in [-0.39, 0.29) is 5.97 Å². The third kappa shape index (κ3) is 2.97. The summed E-state index contributed by atoms with van der Waals surface area (Å²) >= 11 is 5.00. The van der Waals surface area contributed by atoms with Crippen molar-refractivity contribution in [2.45, 2.75) is 6.92 Å². The maximum absolute atomic E-state index is 10.8. The molecule has 0 unspecified atom stereocenters. The first-order valence-electron chi connectivity index (χ1n) is 3.65. The van der Waals surface area contributed by atoms with Crippen LogP contribution in [-0.4, -0.2) is 13.1 Å². The molecule has 4 heteroatoms. The Morgan fingerprint density at radius 2 is 2.38 bits per heavy atom. The van der Waals surface area contributed by atoms with Crippen LogP contribution < -0.4 is 0 Å². The van der Waals surface area contributed by atoms with Gasteiger partial charge in [-0.15, -0.1) is 11.3 Å². The van der Waals surface area contributed by atoms with Gasteiger partial charge in [-0.25, -0.2) is 4.79 Å². The lowest BCUT2D eigenvalue weighted by Crippen LogP contribution is -1.92. The third-order valence-corrected chi connectivity index (χ3v) is 3.56. The van der Waals surface area contributed by atoms with Crippen molar-refractivity contribution in [1.82, 2.24) is 0 Å². The number of aryl methyl sites for hydroxylation is 1. The van der Waals surface area contributed by atoms with Crippen molar-refractivity contribution in [1.29, 1.82) is 0 Å². The number of hydrogen-bond acceptors (Lipinski definition) is 3. The third-order valence-electron chi connectivity index (χ3n) is 1.46. The number of carbonyl (C=O) groups excluding carboxylic acids is 1. The van der Waals surface area contributed by atoms with E-state index in [1.54, 1.807) is 17.4 Å². The molecule has 1 aromatic heterocycles. The molecule has 0 radical (unpaired) electrons. The van der Waals surface area contributed by atoms with Gasteiger partial charge in [0.05, 0.1) is 10.9 Å². The van der Waals surface area contributed by atoms with Crippen LogP contribution in [0, 0.1) is 6.92 Å². The Balaban J connectivity index is 2.74. The largest absolute Gasteiger partial charge is 0.466 e. The second-order valence-corrected chi connectivity index (χ2v) is 4.86. The number of carbonyl (C=O) groups is 1. The van der Waals surface area contributed by atoms with Gasteiger partial charge in [0, 0.05) is 11.0 Å². The van der Waals surface area contributed by atoms with E-state index in [1.807, 2.05) is 13.0 Å². The molecule has 0 fully saturated rings. The molecular weight excluding hydrogens is 252 g/mol. The van der Waals surface area contributed by atoms with Crippen LogP contribution in [0.4, 0.5) is 0 Å². The molecule has 0 aliphatic rings.